The van der Waals surface area contributed by atoms with Crippen LogP contribution in [0.15, 0.2) is 24.3 Å². The van der Waals surface area contributed by atoms with E-state index in [1.807, 2.05) is 0 Å². The van der Waals surface area contributed by atoms with Crippen molar-refractivity contribution in [1.29, 1.82) is 0 Å². The number of carbonyl (C=O) groups excluding carboxylic acids is 1. The molecule has 6 nitrogen and oxygen atoms in total. The maximum atomic E-state index is 12.2. The summed E-state index contributed by atoms with van der Waals surface area (Å²) in [6, 6.07) is 6.34. The number of nitro groups is 1. The number of benzene rings is 1. The molecule has 0 bridgehead atoms. The van der Waals surface area contributed by atoms with Crippen LogP contribution in [0.2, 0.25) is 0 Å². The van der Waals surface area contributed by atoms with Crippen molar-refractivity contribution in [3.63, 3.8) is 0 Å². The van der Waals surface area contributed by atoms with Crippen molar-refractivity contribution >= 4 is 11.6 Å². The highest BCUT2D eigenvalue weighted by Crippen LogP contribution is 2.22. The third-order valence-corrected chi connectivity index (χ3v) is 3.71. The van der Waals surface area contributed by atoms with Gasteiger partial charge in [0.25, 0.3) is 5.69 Å². The number of nitrogens with zero attached hydrogens (tertiary/aromatic N) is 2. The molecule has 1 aromatic carbocycles. The lowest BCUT2D eigenvalue weighted by atomic mass is 10.1. The quantitative estimate of drug-likeness (QED) is 0.651. The summed E-state index contributed by atoms with van der Waals surface area (Å²) >= 11 is 0. The van der Waals surface area contributed by atoms with Gasteiger partial charge in [-0.15, -0.1) is 0 Å². The first-order valence-corrected chi connectivity index (χ1v) is 6.72. The predicted octanol–water partition coefficient (Wildman–Crippen LogP) is 1.37. The normalized spacial score (nSPS) is 18.2. The molecule has 0 aliphatic carbocycles. The number of aliphatic hydroxyl groups is 1. The fraction of sp³-hybridized carbons (Fsp3) is 0.500. The lowest BCUT2D eigenvalue weighted by molar-refractivity contribution is -0.385. The van der Waals surface area contributed by atoms with Gasteiger partial charge < -0.3 is 10.0 Å². The first kappa shape index (κ1) is 14.5. The van der Waals surface area contributed by atoms with Crippen LogP contribution in [0.5, 0.6) is 0 Å². The Balaban J connectivity index is 2.00. The number of aliphatic hydroxyl groups excluding tert-OH is 1. The summed E-state index contributed by atoms with van der Waals surface area (Å²) in [5, 5.41) is 19.8. The molecule has 1 amide bonds. The van der Waals surface area contributed by atoms with Crippen LogP contribution in [0, 0.1) is 16.0 Å². The minimum Gasteiger partial charge on any atom is -0.396 e. The Labute approximate surface area is 117 Å². The molecule has 1 aliphatic heterocycles. The Morgan fingerprint density at radius 3 is 2.90 bits per heavy atom. The third-order valence-electron chi connectivity index (χ3n) is 3.71. The zero-order chi connectivity index (χ0) is 14.5. The van der Waals surface area contributed by atoms with Gasteiger partial charge in [-0.1, -0.05) is 18.2 Å². The molecule has 20 heavy (non-hydrogen) atoms. The lowest BCUT2D eigenvalue weighted by Crippen LogP contribution is -2.30. The molecular formula is C14H18N2O4. The number of hydrogen-bond donors (Lipinski definition) is 1. The van der Waals surface area contributed by atoms with E-state index in [1.54, 1.807) is 23.1 Å². The SMILES string of the molecule is O=C(Cc1ccccc1[N+](=O)[O-])N1CCC(CCO)C1. The Bertz CT molecular complexity index is 504. The number of hydrogen-bond acceptors (Lipinski definition) is 4. The van der Waals surface area contributed by atoms with E-state index in [2.05, 4.69) is 0 Å². The standard InChI is InChI=1S/C14H18N2O4/c17-8-6-11-5-7-15(10-11)14(18)9-12-3-1-2-4-13(12)16(19)20/h1-4,11,17H,5-10H2. The first-order valence-electron chi connectivity index (χ1n) is 6.72. The van der Waals surface area contributed by atoms with E-state index in [0.29, 0.717) is 31.0 Å². The van der Waals surface area contributed by atoms with Crippen LogP contribution >= 0.6 is 0 Å². The molecule has 1 unspecified atom stereocenters. The van der Waals surface area contributed by atoms with Crippen molar-refractivity contribution in [3.8, 4) is 0 Å². The summed E-state index contributed by atoms with van der Waals surface area (Å²) in [5.74, 6) is 0.259. The number of para-hydroxylation sites is 1. The van der Waals surface area contributed by atoms with Gasteiger partial charge in [0.05, 0.1) is 11.3 Å². The molecule has 6 heteroatoms. The lowest BCUT2D eigenvalue weighted by Gasteiger charge is -2.16. The first-order chi connectivity index (χ1) is 9.61. The van der Waals surface area contributed by atoms with Crippen molar-refractivity contribution in [2.24, 2.45) is 5.92 Å². The van der Waals surface area contributed by atoms with Crippen molar-refractivity contribution < 1.29 is 14.8 Å². The van der Waals surface area contributed by atoms with Crippen LogP contribution in [-0.4, -0.2) is 40.5 Å². The summed E-state index contributed by atoms with van der Waals surface area (Å²) in [4.78, 5) is 24.4. The molecule has 1 saturated heterocycles. The maximum absolute atomic E-state index is 12.2. The second-order valence-corrected chi connectivity index (χ2v) is 5.07. The molecule has 108 valence electrons. The third kappa shape index (κ3) is 3.33. The van der Waals surface area contributed by atoms with Gasteiger partial charge in [-0.25, -0.2) is 0 Å². The Morgan fingerprint density at radius 2 is 2.20 bits per heavy atom. The molecule has 1 N–H and O–H groups in total. The summed E-state index contributed by atoms with van der Waals surface area (Å²) in [6.07, 6.45) is 1.65. The minimum atomic E-state index is -0.457. The fourth-order valence-electron chi connectivity index (χ4n) is 2.59. The highest BCUT2D eigenvalue weighted by Gasteiger charge is 2.27. The van der Waals surface area contributed by atoms with Crippen molar-refractivity contribution in [2.75, 3.05) is 19.7 Å². The molecule has 1 fully saturated rings. The zero-order valence-electron chi connectivity index (χ0n) is 11.2. The zero-order valence-corrected chi connectivity index (χ0v) is 11.2. The highest BCUT2D eigenvalue weighted by atomic mass is 16.6. The van der Waals surface area contributed by atoms with E-state index in [9.17, 15) is 14.9 Å². The second kappa shape index (κ2) is 6.47. The number of nitro benzene ring substituents is 1. The van der Waals surface area contributed by atoms with Crippen LogP contribution < -0.4 is 0 Å². The van der Waals surface area contributed by atoms with Gasteiger partial charge in [0.1, 0.15) is 0 Å². The van der Waals surface area contributed by atoms with Gasteiger partial charge in [-0.05, 0) is 18.8 Å². The predicted molar refractivity (Wildman–Crippen MR) is 73.2 cm³/mol. The molecule has 2 rings (SSSR count). The topological polar surface area (TPSA) is 83.7 Å². The summed E-state index contributed by atoms with van der Waals surface area (Å²) in [5.41, 5.74) is 0.445. The van der Waals surface area contributed by atoms with Gasteiger partial charge >= 0.3 is 0 Å². The Hall–Kier alpha value is -1.95. The van der Waals surface area contributed by atoms with Crippen molar-refractivity contribution in [3.05, 3.63) is 39.9 Å². The van der Waals surface area contributed by atoms with Crippen molar-refractivity contribution in [2.45, 2.75) is 19.3 Å². The van der Waals surface area contributed by atoms with Gasteiger partial charge in [0.2, 0.25) is 5.91 Å². The van der Waals surface area contributed by atoms with Gasteiger partial charge in [-0.2, -0.15) is 0 Å². The van der Waals surface area contributed by atoms with Gasteiger partial charge in [0, 0.05) is 31.3 Å². The largest absolute Gasteiger partial charge is 0.396 e. The molecule has 0 aromatic heterocycles. The van der Waals surface area contributed by atoms with E-state index in [0.717, 1.165) is 6.42 Å². The maximum Gasteiger partial charge on any atom is 0.273 e. The number of likely N-dealkylation sites (tertiary alicyclic amines) is 1. The smallest absolute Gasteiger partial charge is 0.273 e. The fourth-order valence-corrected chi connectivity index (χ4v) is 2.59. The van der Waals surface area contributed by atoms with E-state index >= 15 is 0 Å². The minimum absolute atomic E-state index is 0.00745. The Morgan fingerprint density at radius 1 is 1.45 bits per heavy atom. The Kier molecular flexibility index (Phi) is 4.68. The summed E-state index contributed by atoms with van der Waals surface area (Å²) in [7, 11) is 0. The van der Waals surface area contributed by atoms with E-state index in [1.165, 1.54) is 6.07 Å². The van der Waals surface area contributed by atoms with Crippen LogP contribution in [0.1, 0.15) is 18.4 Å². The monoisotopic (exact) mass is 278 g/mol. The van der Waals surface area contributed by atoms with Gasteiger partial charge in [-0.3, -0.25) is 14.9 Å². The van der Waals surface area contributed by atoms with Crippen LogP contribution in [0.3, 0.4) is 0 Å². The van der Waals surface area contributed by atoms with Gasteiger partial charge in [0.15, 0.2) is 0 Å². The molecule has 0 radical (unpaired) electrons. The average molecular weight is 278 g/mol. The average Bonchev–Trinajstić information content (AvgIpc) is 2.88. The van der Waals surface area contributed by atoms with E-state index < -0.39 is 4.92 Å². The molecule has 0 spiro atoms. The number of amides is 1. The molecular weight excluding hydrogens is 260 g/mol. The number of carbonyl (C=O) groups is 1. The van der Waals surface area contributed by atoms with E-state index in [4.69, 9.17) is 5.11 Å². The molecule has 0 saturated carbocycles. The second-order valence-electron chi connectivity index (χ2n) is 5.07. The number of rotatable bonds is 5. The summed E-state index contributed by atoms with van der Waals surface area (Å²) in [6.45, 7) is 1.45. The molecule has 1 aliphatic rings. The van der Waals surface area contributed by atoms with Crippen molar-refractivity contribution in [1.82, 2.24) is 4.90 Å². The van der Waals surface area contributed by atoms with Crippen LogP contribution in [0.4, 0.5) is 5.69 Å². The molecule has 1 aromatic rings. The van der Waals surface area contributed by atoms with E-state index in [-0.39, 0.29) is 24.6 Å². The summed E-state index contributed by atoms with van der Waals surface area (Å²) < 4.78 is 0. The highest BCUT2D eigenvalue weighted by molar-refractivity contribution is 5.80. The van der Waals surface area contributed by atoms with Crippen LogP contribution in [-0.2, 0) is 11.2 Å². The molecule has 1 heterocycles. The van der Waals surface area contributed by atoms with Crippen LogP contribution in [0.25, 0.3) is 0 Å². The molecule has 1 atom stereocenters.